The number of aromatic nitrogens is 4. The van der Waals surface area contributed by atoms with Crippen molar-refractivity contribution in [2.24, 2.45) is 14.1 Å². The summed E-state index contributed by atoms with van der Waals surface area (Å²) in [6, 6.07) is 0. The van der Waals surface area contributed by atoms with E-state index in [4.69, 9.17) is 5.11 Å². The highest BCUT2D eigenvalue weighted by Gasteiger charge is 2.33. The van der Waals surface area contributed by atoms with Gasteiger partial charge in [-0.05, 0) is 0 Å². The van der Waals surface area contributed by atoms with Crippen LogP contribution in [0.3, 0.4) is 0 Å². The summed E-state index contributed by atoms with van der Waals surface area (Å²) in [6.07, 6.45) is -7.16. The van der Waals surface area contributed by atoms with Crippen molar-refractivity contribution in [3.8, 4) is 0 Å². The van der Waals surface area contributed by atoms with Crippen molar-refractivity contribution in [2.75, 3.05) is 6.61 Å². The fourth-order valence-electron chi connectivity index (χ4n) is 2.17. The zero-order valence-electron chi connectivity index (χ0n) is 12.4. The zero-order chi connectivity index (χ0) is 17.5. The Hall–Kier alpha value is -2.05. The van der Waals surface area contributed by atoms with Crippen LogP contribution < -0.4 is 11.2 Å². The van der Waals surface area contributed by atoms with Gasteiger partial charge < -0.3 is 30.5 Å². The molecule has 0 aliphatic rings. The van der Waals surface area contributed by atoms with Gasteiger partial charge in [0.05, 0.1) is 6.61 Å². The van der Waals surface area contributed by atoms with E-state index in [0.29, 0.717) is 0 Å². The van der Waals surface area contributed by atoms with Crippen LogP contribution in [0.25, 0.3) is 11.2 Å². The number of hydrogen-bond acceptors (Lipinski definition) is 8. The molecule has 0 saturated heterocycles. The Kier molecular flexibility index (Phi) is 4.68. The Morgan fingerprint density at radius 1 is 1.09 bits per heavy atom. The minimum absolute atomic E-state index is 0.0310. The molecule has 2 heterocycles. The number of hydrogen-bond donors (Lipinski definition) is 6. The van der Waals surface area contributed by atoms with E-state index in [1.54, 1.807) is 0 Å². The van der Waals surface area contributed by atoms with Crippen LogP contribution in [0.1, 0.15) is 11.9 Å². The number of aryl methyl sites for hydroxylation is 1. The summed E-state index contributed by atoms with van der Waals surface area (Å²) >= 11 is 0. The third kappa shape index (κ3) is 2.80. The highest BCUT2D eigenvalue weighted by Crippen LogP contribution is 2.19. The Labute approximate surface area is 128 Å². The molecule has 6 N–H and O–H groups in total. The molecule has 0 bridgehead atoms. The molecule has 2 aromatic heterocycles. The number of fused-ring (bicyclic) bond motifs is 1. The lowest BCUT2D eigenvalue weighted by atomic mass is 10.0. The first-order valence-corrected chi connectivity index (χ1v) is 6.69. The zero-order valence-corrected chi connectivity index (χ0v) is 12.4. The molecular formula is C12H18N4O7. The van der Waals surface area contributed by atoms with Gasteiger partial charge in [0.25, 0.3) is 5.56 Å². The lowest BCUT2D eigenvalue weighted by Gasteiger charge is -2.24. The highest BCUT2D eigenvalue weighted by atomic mass is 16.4. The van der Waals surface area contributed by atoms with Crippen molar-refractivity contribution in [1.82, 2.24) is 19.1 Å². The first kappa shape index (κ1) is 17.3. The molecule has 2 rings (SSSR count). The molecule has 11 heteroatoms. The maximum atomic E-state index is 12.0. The van der Waals surface area contributed by atoms with Gasteiger partial charge in [0.1, 0.15) is 35.8 Å². The van der Waals surface area contributed by atoms with Gasteiger partial charge in [-0.1, -0.05) is 0 Å². The van der Waals surface area contributed by atoms with Gasteiger partial charge in [0.2, 0.25) is 0 Å². The van der Waals surface area contributed by atoms with E-state index in [0.717, 1.165) is 9.13 Å². The number of aliphatic hydroxyl groups excluding tert-OH is 5. The van der Waals surface area contributed by atoms with E-state index in [-0.39, 0.29) is 17.0 Å². The Morgan fingerprint density at radius 2 is 1.70 bits per heavy atom. The molecule has 11 nitrogen and oxygen atoms in total. The largest absolute Gasteiger partial charge is 0.394 e. The van der Waals surface area contributed by atoms with Crippen LogP contribution in [0.2, 0.25) is 0 Å². The molecule has 0 aliphatic carbocycles. The lowest BCUT2D eigenvalue weighted by molar-refractivity contribution is -0.117. The summed E-state index contributed by atoms with van der Waals surface area (Å²) < 4.78 is 1.92. The average molecular weight is 330 g/mol. The van der Waals surface area contributed by atoms with Crippen LogP contribution in [0.4, 0.5) is 0 Å². The smallest absolute Gasteiger partial charge is 0.332 e. The standard InChI is InChI=1S/C12H18N4O7/c1-15-10-5(11(22)16(2)12(15)23)13-9(14-10)8(21)7(20)6(19)4(18)3-17/h4,6-8,17-21H,3H2,1-2H3,(H,13,14)/t4-,6-,7-,8+/m1/s1. The Bertz CT molecular complexity index is 823. The fourth-order valence-corrected chi connectivity index (χ4v) is 2.17. The van der Waals surface area contributed by atoms with E-state index in [9.17, 15) is 30.0 Å². The molecule has 2 aromatic rings. The van der Waals surface area contributed by atoms with Gasteiger partial charge in [0, 0.05) is 14.1 Å². The Morgan fingerprint density at radius 3 is 2.26 bits per heavy atom. The van der Waals surface area contributed by atoms with Crippen LogP contribution in [0, 0.1) is 0 Å². The maximum Gasteiger partial charge on any atom is 0.332 e. The molecular weight excluding hydrogens is 312 g/mol. The second-order valence-corrected chi connectivity index (χ2v) is 5.20. The van der Waals surface area contributed by atoms with Gasteiger partial charge in [-0.25, -0.2) is 9.78 Å². The maximum absolute atomic E-state index is 12.0. The van der Waals surface area contributed by atoms with Crippen LogP contribution in [-0.4, -0.2) is 69.6 Å². The summed E-state index contributed by atoms with van der Waals surface area (Å²) in [7, 11) is 2.65. The van der Waals surface area contributed by atoms with Crippen LogP contribution >= 0.6 is 0 Å². The van der Waals surface area contributed by atoms with Crippen molar-refractivity contribution in [3.05, 3.63) is 26.7 Å². The summed E-state index contributed by atoms with van der Waals surface area (Å²) in [4.78, 5) is 30.2. The van der Waals surface area contributed by atoms with Crippen LogP contribution in [0.15, 0.2) is 9.59 Å². The number of rotatable bonds is 5. The van der Waals surface area contributed by atoms with Crippen molar-refractivity contribution < 1.29 is 25.5 Å². The number of aliphatic hydroxyl groups is 5. The quantitative estimate of drug-likeness (QED) is 0.322. The van der Waals surface area contributed by atoms with Gasteiger partial charge in [0.15, 0.2) is 5.65 Å². The highest BCUT2D eigenvalue weighted by molar-refractivity contribution is 5.69. The van der Waals surface area contributed by atoms with Crippen LogP contribution in [0.5, 0.6) is 0 Å². The van der Waals surface area contributed by atoms with E-state index in [1.807, 2.05) is 0 Å². The second kappa shape index (κ2) is 6.22. The van der Waals surface area contributed by atoms with Gasteiger partial charge in [-0.2, -0.15) is 0 Å². The minimum atomic E-state index is -1.88. The summed E-state index contributed by atoms with van der Waals surface area (Å²) in [5, 5.41) is 47.5. The first-order chi connectivity index (χ1) is 10.7. The first-order valence-electron chi connectivity index (χ1n) is 6.69. The molecule has 4 atom stereocenters. The SMILES string of the molecule is Cn1c(=O)c2[nH]c([C@@H](O)[C@H](O)[C@H](O)[C@H](O)CO)nc2n(C)c1=O. The molecule has 0 spiro atoms. The average Bonchev–Trinajstić information content (AvgIpc) is 3.00. The number of nitrogens with zero attached hydrogens (tertiary/aromatic N) is 3. The van der Waals surface area contributed by atoms with E-state index < -0.39 is 42.3 Å². The predicted octanol–water partition coefficient (Wildman–Crippen LogP) is -3.93. The monoisotopic (exact) mass is 330 g/mol. The number of H-pyrrole nitrogens is 1. The fraction of sp³-hybridized carbons (Fsp3) is 0.583. The normalized spacial score (nSPS) is 17.2. The predicted molar refractivity (Wildman–Crippen MR) is 76.6 cm³/mol. The number of imidazole rings is 1. The van der Waals surface area contributed by atoms with Gasteiger partial charge in [-0.15, -0.1) is 0 Å². The number of nitrogens with one attached hydrogen (secondary N) is 1. The van der Waals surface area contributed by atoms with Crippen LogP contribution in [-0.2, 0) is 14.1 Å². The van der Waals surface area contributed by atoms with Crippen molar-refractivity contribution in [1.29, 1.82) is 0 Å². The van der Waals surface area contributed by atoms with E-state index in [1.165, 1.54) is 14.1 Å². The summed E-state index contributed by atoms with van der Waals surface area (Å²) in [5.41, 5.74) is -1.38. The molecule has 0 amide bonds. The van der Waals surface area contributed by atoms with Gasteiger partial charge in [-0.3, -0.25) is 13.9 Å². The summed E-state index contributed by atoms with van der Waals surface area (Å²) in [5.74, 6) is -0.269. The Balaban J connectivity index is 2.49. The van der Waals surface area contributed by atoms with E-state index >= 15 is 0 Å². The number of aromatic amines is 1. The molecule has 0 aliphatic heterocycles. The molecule has 0 aromatic carbocycles. The van der Waals surface area contributed by atoms with Crippen molar-refractivity contribution in [3.63, 3.8) is 0 Å². The molecule has 0 fully saturated rings. The molecule has 0 unspecified atom stereocenters. The van der Waals surface area contributed by atoms with Crippen molar-refractivity contribution in [2.45, 2.75) is 24.4 Å². The third-order valence-electron chi connectivity index (χ3n) is 3.65. The lowest BCUT2D eigenvalue weighted by Crippen LogP contribution is -2.42. The van der Waals surface area contributed by atoms with Crippen molar-refractivity contribution >= 4 is 11.2 Å². The second-order valence-electron chi connectivity index (χ2n) is 5.20. The van der Waals surface area contributed by atoms with Gasteiger partial charge >= 0.3 is 5.69 Å². The van der Waals surface area contributed by atoms with E-state index in [2.05, 4.69) is 9.97 Å². The molecule has 0 radical (unpaired) electrons. The molecule has 128 valence electrons. The molecule has 0 saturated carbocycles. The molecule has 23 heavy (non-hydrogen) atoms. The third-order valence-corrected chi connectivity index (χ3v) is 3.65. The minimum Gasteiger partial charge on any atom is -0.394 e. The topological polar surface area (TPSA) is 174 Å². The summed E-state index contributed by atoms with van der Waals surface area (Å²) in [6.45, 7) is -0.819.